The Labute approximate surface area is 214 Å². The molecule has 0 aromatic heterocycles. The fraction of sp³-hybridized carbons (Fsp3) is 0.333. The van der Waals surface area contributed by atoms with Gasteiger partial charge in [-0.05, 0) is 54.7 Å². The standard InChI is InChI=1S/C27H27Cl2NO5/c1-5-35-27(32)24-14(2)30-20-11-17(15-7-9-22(33-3)23(13-15)34-4)12-21(31)26(20)25(24)16-6-8-18(28)19(29)10-16/h6-10,13,17,24-25,30H,2,5,11-12H2,1,3-4H3. The molecular formula is C27H27Cl2NO5. The molecule has 0 fully saturated rings. The molecule has 1 aliphatic carbocycles. The molecule has 184 valence electrons. The van der Waals surface area contributed by atoms with Crippen molar-refractivity contribution >= 4 is 35.0 Å². The van der Waals surface area contributed by atoms with Crippen molar-refractivity contribution in [3.05, 3.63) is 81.1 Å². The van der Waals surface area contributed by atoms with E-state index < -0.39 is 17.8 Å². The summed E-state index contributed by atoms with van der Waals surface area (Å²) >= 11 is 12.5. The summed E-state index contributed by atoms with van der Waals surface area (Å²) in [5, 5.41) is 4.01. The number of carbonyl (C=O) groups excluding carboxylic acids is 2. The maximum absolute atomic E-state index is 13.7. The Hall–Kier alpha value is -2.96. The van der Waals surface area contributed by atoms with E-state index in [9.17, 15) is 9.59 Å². The van der Waals surface area contributed by atoms with E-state index in [2.05, 4.69) is 11.9 Å². The fourth-order valence-electron chi connectivity index (χ4n) is 4.97. The van der Waals surface area contributed by atoms with Crippen LogP contribution in [0, 0.1) is 5.92 Å². The van der Waals surface area contributed by atoms with Crippen molar-refractivity contribution in [3.63, 3.8) is 0 Å². The first-order chi connectivity index (χ1) is 16.8. The normalized spacial score (nSPS) is 21.8. The van der Waals surface area contributed by atoms with Crippen molar-refractivity contribution in [1.29, 1.82) is 0 Å². The van der Waals surface area contributed by atoms with Crippen LogP contribution in [0.4, 0.5) is 0 Å². The molecule has 2 aromatic rings. The highest BCUT2D eigenvalue weighted by molar-refractivity contribution is 6.42. The van der Waals surface area contributed by atoms with Crippen LogP contribution in [0.25, 0.3) is 0 Å². The first kappa shape index (κ1) is 25.1. The maximum atomic E-state index is 13.7. The summed E-state index contributed by atoms with van der Waals surface area (Å²) < 4.78 is 16.1. The van der Waals surface area contributed by atoms with Crippen LogP contribution in [0.5, 0.6) is 11.5 Å². The van der Waals surface area contributed by atoms with E-state index >= 15 is 0 Å². The number of carbonyl (C=O) groups is 2. The highest BCUT2D eigenvalue weighted by Gasteiger charge is 2.45. The molecule has 0 amide bonds. The topological polar surface area (TPSA) is 73.9 Å². The molecule has 0 saturated heterocycles. The molecular weight excluding hydrogens is 489 g/mol. The van der Waals surface area contributed by atoms with Gasteiger partial charge in [-0.2, -0.15) is 0 Å². The van der Waals surface area contributed by atoms with E-state index in [4.69, 9.17) is 37.4 Å². The van der Waals surface area contributed by atoms with E-state index in [-0.39, 0.29) is 24.7 Å². The second-order valence-corrected chi connectivity index (χ2v) is 9.38. The number of hydrogen-bond donors (Lipinski definition) is 1. The first-order valence-electron chi connectivity index (χ1n) is 11.3. The van der Waals surface area contributed by atoms with Crippen molar-refractivity contribution in [2.45, 2.75) is 31.6 Å². The SMILES string of the molecule is C=C1NC2=C(C(=O)CC(c3ccc(OC)c(OC)c3)C2)C(c2ccc(Cl)c(Cl)c2)C1C(=O)OCC. The molecule has 0 saturated carbocycles. The highest BCUT2D eigenvalue weighted by atomic mass is 35.5. The van der Waals surface area contributed by atoms with Crippen LogP contribution >= 0.6 is 23.2 Å². The first-order valence-corrected chi connectivity index (χ1v) is 12.1. The van der Waals surface area contributed by atoms with Gasteiger partial charge in [0.15, 0.2) is 17.3 Å². The summed E-state index contributed by atoms with van der Waals surface area (Å²) in [4.78, 5) is 26.7. The van der Waals surface area contributed by atoms with Gasteiger partial charge in [-0.1, -0.05) is 41.9 Å². The minimum absolute atomic E-state index is 0.0450. The van der Waals surface area contributed by atoms with Gasteiger partial charge >= 0.3 is 5.97 Å². The molecule has 1 aliphatic heterocycles. The zero-order chi connectivity index (χ0) is 25.3. The Bertz CT molecular complexity index is 1220. The number of Topliss-reactive ketones (excluding diaryl/α,β-unsaturated/α-hetero) is 1. The van der Waals surface area contributed by atoms with Crippen molar-refractivity contribution in [3.8, 4) is 11.5 Å². The molecule has 4 rings (SSSR count). The lowest BCUT2D eigenvalue weighted by molar-refractivity contribution is -0.147. The third-order valence-electron chi connectivity index (χ3n) is 6.56. The van der Waals surface area contributed by atoms with Crippen molar-refractivity contribution in [1.82, 2.24) is 5.32 Å². The van der Waals surface area contributed by atoms with Gasteiger partial charge in [0.1, 0.15) is 5.92 Å². The lowest BCUT2D eigenvalue weighted by Gasteiger charge is -2.40. The summed E-state index contributed by atoms with van der Waals surface area (Å²) in [7, 11) is 3.16. The molecule has 3 atom stereocenters. The van der Waals surface area contributed by atoms with Gasteiger partial charge in [0, 0.05) is 29.3 Å². The molecule has 2 aromatic carbocycles. The molecule has 1 N–H and O–H groups in total. The molecule has 1 heterocycles. The minimum atomic E-state index is -0.771. The van der Waals surface area contributed by atoms with Gasteiger partial charge in [-0.15, -0.1) is 0 Å². The average Bonchev–Trinajstić information content (AvgIpc) is 2.84. The van der Waals surface area contributed by atoms with E-state index in [1.807, 2.05) is 18.2 Å². The summed E-state index contributed by atoms with van der Waals surface area (Å²) in [6.45, 7) is 6.09. The predicted molar refractivity (Wildman–Crippen MR) is 135 cm³/mol. The Morgan fingerprint density at radius 2 is 1.74 bits per heavy atom. The average molecular weight is 516 g/mol. The molecule has 0 radical (unpaired) electrons. The summed E-state index contributed by atoms with van der Waals surface area (Å²) in [5.74, 6) is -0.679. The number of rotatable bonds is 6. The lowest BCUT2D eigenvalue weighted by atomic mass is 9.69. The third kappa shape index (κ3) is 4.78. The molecule has 0 spiro atoms. The summed E-state index contributed by atoms with van der Waals surface area (Å²) in [6, 6.07) is 10.9. The monoisotopic (exact) mass is 515 g/mol. The zero-order valence-electron chi connectivity index (χ0n) is 19.8. The molecule has 35 heavy (non-hydrogen) atoms. The van der Waals surface area contributed by atoms with Crippen LogP contribution in [-0.2, 0) is 14.3 Å². The van der Waals surface area contributed by atoms with Crippen LogP contribution in [0.2, 0.25) is 10.0 Å². The number of methoxy groups -OCH3 is 2. The van der Waals surface area contributed by atoms with Crippen LogP contribution in [0.1, 0.15) is 42.7 Å². The van der Waals surface area contributed by atoms with E-state index in [1.54, 1.807) is 39.3 Å². The van der Waals surface area contributed by atoms with E-state index in [1.165, 1.54) is 0 Å². The van der Waals surface area contributed by atoms with Crippen molar-refractivity contribution in [2.24, 2.45) is 5.92 Å². The van der Waals surface area contributed by atoms with Crippen LogP contribution < -0.4 is 14.8 Å². The minimum Gasteiger partial charge on any atom is -0.493 e. The smallest absolute Gasteiger partial charge is 0.315 e. The predicted octanol–water partition coefficient (Wildman–Crippen LogP) is 5.79. The Morgan fingerprint density at radius 3 is 2.40 bits per heavy atom. The zero-order valence-corrected chi connectivity index (χ0v) is 21.3. The lowest BCUT2D eigenvalue weighted by Crippen LogP contribution is -2.42. The second-order valence-electron chi connectivity index (χ2n) is 8.57. The quantitative estimate of drug-likeness (QED) is 0.490. The number of ketones is 1. The fourth-order valence-corrected chi connectivity index (χ4v) is 5.27. The maximum Gasteiger partial charge on any atom is 0.315 e. The van der Waals surface area contributed by atoms with Gasteiger partial charge in [0.2, 0.25) is 0 Å². The van der Waals surface area contributed by atoms with Crippen molar-refractivity contribution in [2.75, 3.05) is 20.8 Å². The van der Waals surface area contributed by atoms with Gasteiger partial charge in [0.05, 0.1) is 30.9 Å². The van der Waals surface area contributed by atoms with Crippen LogP contribution in [0.3, 0.4) is 0 Å². The van der Waals surface area contributed by atoms with Crippen LogP contribution in [0.15, 0.2) is 59.9 Å². The number of halogens is 2. The Kier molecular flexibility index (Phi) is 7.43. The van der Waals surface area contributed by atoms with E-state index in [0.29, 0.717) is 44.8 Å². The Morgan fingerprint density at radius 1 is 1.03 bits per heavy atom. The number of benzene rings is 2. The Balaban J connectivity index is 1.79. The van der Waals surface area contributed by atoms with Gasteiger partial charge < -0.3 is 19.5 Å². The second kappa shape index (κ2) is 10.3. The number of ether oxygens (including phenoxy) is 3. The highest BCUT2D eigenvalue weighted by Crippen LogP contribution is 2.48. The van der Waals surface area contributed by atoms with Crippen LogP contribution in [-0.4, -0.2) is 32.6 Å². The van der Waals surface area contributed by atoms with Gasteiger partial charge in [-0.3, -0.25) is 9.59 Å². The summed E-state index contributed by atoms with van der Waals surface area (Å²) in [5.41, 5.74) is 3.48. The third-order valence-corrected chi connectivity index (χ3v) is 7.30. The van der Waals surface area contributed by atoms with Gasteiger partial charge in [-0.25, -0.2) is 0 Å². The molecule has 8 heteroatoms. The molecule has 6 nitrogen and oxygen atoms in total. The molecule has 3 unspecified atom stereocenters. The molecule has 0 bridgehead atoms. The summed E-state index contributed by atoms with van der Waals surface area (Å²) in [6.07, 6.45) is 0.860. The number of nitrogens with one attached hydrogen (secondary N) is 1. The van der Waals surface area contributed by atoms with Crippen molar-refractivity contribution < 1.29 is 23.8 Å². The number of hydrogen-bond acceptors (Lipinski definition) is 6. The van der Waals surface area contributed by atoms with Gasteiger partial charge in [0.25, 0.3) is 0 Å². The number of allylic oxidation sites excluding steroid dienone is 2. The molecule has 2 aliphatic rings. The number of esters is 1. The largest absolute Gasteiger partial charge is 0.493 e. The van der Waals surface area contributed by atoms with E-state index in [0.717, 1.165) is 11.3 Å².